The molecule has 40 heavy (non-hydrogen) atoms. The lowest BCUT2D eigenvalue weighted by Crippen LogP contribution is -2.58. The Kier molecular flexibility index (Phi) is 8.88. The summed E-state index contributed by atoms with van der Waals surface area (Å²) in [6, 6.07) is 18.8. The van der Waals surface area contributed by atoms with Crippen LogP contribution in [0.5, 0.6) is 5.75 Å². The first-order chi connectivity index (χ1) is 19.3. The van der Waals surface area contributed by atoms with Crippen LogP contribution in [-0.4, -0.2) is 90.3 Å². The van der Waals surface area contributed by atoms with Gasteiger partial charge in [-0.15, -0.1) is 0 Å². The molecular weight excluding hydrogens is 507 g/mol. The first-order valence-corrected chi connectivity index (χ1v) is 14.2. The molecule has 2 aliphatic rings. The summed E-state index contributed by atoms with van der Waals surface area (Å²) in [5.74, 6) is 0.356. The standard InChI is InChI=1S/C32H41FN4O3/c1-25-19-28(26(2)37(25)21-27-7-5-4-6-8-27)22-35-17-18-40-32(23-35,24-39-30-11-9-29(33)10-12-30)20-31(38)36-15-13-34(3)14-16-36/h4-12,19H,13-18,20-24H2,1-3H3/t32-/m0/s1. The molecule has 3 aromatic rings. The predicted octanol–water partition coefficient (Wildman–Crippen LogP) is 4.11. The highest BCUT2D eigenvalue weighted by molar-refractivity contribution is 5.77. The van der Waals surface area contributed by atoms with E-state index in [0.717, 1.165) is 45.8 Å². The van der Waals surface area contributed by atoms with Gasteiger partial charge in [-0.25, -0.2) is 4.39 Å². The summed E-state index contributed by atoms with van der Waals surface area (Å²) < 4.78 is 28.3. The van der Waals surface area contributed by atoms with Crippen molar-refractivity contribution in [3.8, 4) is 5.75 Å². The van der Waals surface area contributed by atoms with Gasteiger partial charge in [0.2, 0.25) is 5.91 Å². The second kappa shape index (κ2) is 12.5. The molecule has 3 heterocycles. The van der Waals surface area contributed by atoms with Crippen LogP contribution < -0.4 is 4.74 Å². The summed E-state index contributed by atoms with van der Waals surface area (Å²) in [7, 11) is 2.08. The Hall–Kier alpha value is -3.20. The average molecular weight is 549 g/mol. The van der Waals surface area contributed by atoms with Crippen molar-refractivity contribution in [2.24, 2.45) is 0 Å². The molecule has 0 saturated carbocycles. The van der Waals surface area contributed by atoms with Gasteiger partial charge in [-0.05, 0) is 62.4 Å². The number of aromatic nitrogens is 1. The third-order valence-electron chi connectivity index (χ3n) is 8.23. The molecule has 1 atom stereocenters. The molecule has 0 aliphatic carbocycles. The van der Waals surface area contributed by atoms with E-state index in [4.69, 9.17) is 9.47 Å². The number of hydrogen-bond acceptors (Lipinski definition) is 5. The number of hydrogen-bond donors (Lipinski definition) is 0. The number of carbonyl (C=O) groups excluding carboxylic acids is 1. The molecule has 2 aliphatic heterocycles. The molecule has 1 amide bonds. The summed E-state index contributed by atoms with van der Waals surface area (Å²) >= 11 is 0. The fourth-order valence-corrected chi connectivity index (χ4v) is 5.78. The number of ether oxygens (including phenoxy) is 2. The highest BCUT2D eigenvalue weighted by Gasteiger charge is 2.41. The molecule has 0 spiro atoms. The van der Waals surface area contributed by atoms with Crippen molar-refractivity contribution in [2.75, 3.05) is 59.5 Å². The van der Waals surface area contributed by atoms with Gasteiger partial charge in [0.05, 0.1) is 13.0 Å². The summed E-state index contributed by atoms with van der Waals surface area (Å²) in [5.41, 5.74) is 4.27. The van der Waals surface area contributed by atoms with Crippen molar-refractivity contribution >= 4 is 5.91 Å². The van der Waals surface area contributed by atoms with Crippen molar-refractivity contribution in [2.45, 2.75) is 39.0 Å². The Balaban J connectivity index is 1.31. The van der Waals surface area contributed by atoms with E-state index in [1.807, 2.05) is 11.0 Å². The van der Waals surface area contributed by atoms with E-state index in [-0.39, 0.29) is 24.8 Å². The Morgan fingerprint density at radius 1 is 0.975 bits per heavy atom. The SMILES string of the molecule is Cc1cc(CN2CCO[C@@](COc3ccc(F)cc3)(CC(=O)N3CCN(C)CC3)C2)c(C)n1Cc1ccccc1. The maximum atomic E-state index is 13.5. The second-order valence-electron chi connectivity index (χ2n) is 11.3. The number of carbonyl (C=O) groups is 1. The quantitative estimate of drug-likeness (QED) is 0.403. The van der Waals surface area contributed by atoms with Gasteiger partial charge in [-0.2, -0.15) is 0 Å². The largest absolute Gasteiger partial charge is 0.491 e. The smallest absolute Gasteiger partial charge is 0.225 e. The van der Waals surface area contributed by atoms with Gasteiger partial charge >= 0.3 is 0 Å². The first-order valence-electron chi connectivity index (χ1n) is 14.2. The number of halogens is 1. The molecule has 2 saturated heterocycles. The van der Waals surface area contributed by atoms with Gasteiger partial charge in [0.1, 0.15) is 23.8 Å². The van der Waals surface area contributed by atoms with E-state index in [2.05, 4.69) is 65.6 Å². The van der Waals surface area contributed by atoms with Crippen LogP contribution in [0.3, 0.4) is 0 Å². The molecule has 0 unspecified atom stereocenters. The maximum absolute atomic E-state index is 13.5. The molecule has 2 aromatic carbocycles. The van der Waals surface area contributed by atoms with Crippen LogP contribution in [0.25, 0.3) is 0 Å². The zero-order chi connectivity index (χ0) is 28.1. The van der Waals surface area contributed by atoms with Gasteiger partial charge in [-0.3, -0.25) is 9.69 Å². The lowest BCUT2D eigenvalue weighted by atomic mass is 9.96. The van der Waals surface area contributed by atoms with Crippen molar-refractivity contribution in [3.63, 3.8) is 0 Å². The number of aryl methyl sites for hydroxylation is 1. The maximum Gasteiger partial charge on any atom is 0.225 e. The molecule has 0 N–H and O–H groups in total. The van der Waals surface area contributed by atoms with E-state index in [1.165, 1.54) is 34.6 Å². The first kappa shape index (κ1) is 28.3. The Morgan fingerprint density at radius 2 is 1.70 bits per heavy atom. The molecule has 0 radical (unpaired) electrons. The molecule has 0 bridgehead atoms. The number of benzene rings is 2. The lowest BCUT2D eigenvalue weighted by molar-refractivity contribution is -0.157. The summed E-state index contributed by atoms with van der Waals surface area (Å²) in [4.78, 5) is 20.0. The van der Waals surface area contributed by atoms with Gasteiger partial charge < -0.3 is 23.8 Å². The summed E-state index contributed by atoms with van der Waals surface area (Å²) in [6.07, 6.45) is 0.251. The number of amides is 1. The van der Waals surface area contributed by atoms with E-state index in [9.17, 15) is 9.18 Å². The van der Waals surface area contributed by atoms with Gasteiger partial charge in [-0.1, -0.05) is 30.3 Å². The minimum Gasteiger partial charge on any atom is -0.491 e. The van der Waals surface area contributed by atoms with Crippen LogP contribution >= 0.6 is 0 Å². The normalized spacial score (nSPS) is 20.6. The van der Waals surface area contributed by atoms with E-state index in [0.29, 0.717) is 18.9 Å². The van der Waals surface area contributed by atoms with Crippen molar-refractivity contribution in [1.29, 1.82) is 0 Å². The molecule has 1 aromatic heterocycles. The fourth-order valence-electron chi connectivity index (χ4n) is 5.78. The minimum atomic E-state index is -0.789. The fraction of sp³-hybridized carbons (Fsp3) is 0.469. The number of piperazine rings is 1. The topological polar surface area (TPSA) is 50.2 Å². The van der Waals surface area contributed by atoms with E-state index >= 15 is 0 Å². The van der Waals surface area contributed by atoms with Crippen LogP contribution in [0, 0.1) is 19.7 Å². The predicted molar refractivity (Wildman–Crippen MR) is 154 cm³/mol. The highest BCUT2D eigenvalue weighted by Crippen LogP contribution is 2.28. The Morgan fingerprint density at radius 3 is 2.42 bits per heavy atom. The van der Waals surface area contributed by atoms with Crippen LogP contribution in [0.15, 0.2) is 60.7 Å². The van der Waals surface area contributed by atoms with Crippen LogP contribution in [0.4, 0.5) is 4.39 Å². The number of morpholine rings is 1. The molecular formula is C32H41FN4O3. The number of nitrogens with zero attached hydrogens (tertiary/aromatic N) is 4. The van der Waals surface area contributed by atoms with Crippen LogP contribution in [-0.2, 0) is 22.6 Å². The zero-order valence-electron chi connectivity index (χ0n) is 23.9. The van der Waals surface area contributed by atoms with Crippen LogP contribution in [0.1, 0.15) is 28.9 Å². The highest BCUT2D eigenvalue weighted by atomic mass is 19.1. The van der Waals surface area contributed by atoms with Crippen molar-refractivity contribution < 1.29 is 18.7 Å². The van der Waals surface area contributed by atoms with Crippen LogP contribution in [0.2, 0.25) is 0 Å². The Labute approximate surface area is 237 Å². The van der Waals surface area contributed by atoms with Gasteiger partial charge in [0, 0.05) is 63.7 Å². The third kappa shape index (κ3) is 6.92. The van der Waals surface area contributed by atoms with Crippen molar-refractivity contribution in [1.82, 2.24) is 19.3 Å². The van der Waals surface area contributed by atoms with Crippen molar-refractivity contribution in [3.05, 3.63) is 89.0 Å². The van der Waals surface area contributed by atoms with Gasteiger partial charge in [0.25, 0.3) is 0 Å². The number of likely N-dealkylation sites (N-methyl/N-ethyl adjacent to an activating group) is 1. The molecule has 8 heteroatoms. The zero-order valence-corrected chi connectivity index (χ0v) is 23.9. The minimum absolute atomic E-state index is 0.0960. The number of rotatable bonds is 9. The summed E-state index contributed by atoms with van der Waals surface area (Å²) in [5, 5.41) is 0. The van der Waals surface area contributed by atoms with E-state index < -0.39 is 5.60 Å². The van der Waals surface area contributed by atoms with Gasteiger partial charge in [0.15, 0.2) is 0 Å². The lowest BCUT2D eigenvalue weighted by Gasteiger charge is -2.43. The Bertz CT molecular complexity index is 1270. The second-order valence-corrected chi connectivity index (χ2v) is 11.3. The summed E-state index contributed by atoms with van der Waals surface area (Å²) in [6.45, 7) is 11.3. The van der Waals surface area contributed by atoms with E-state index in [1.54, 1.807) is 12.1 Å². The monoisotopic (exact) mass is 548 g/mol. The molecule has 214 valence electrons. The molecule has 2 fully saturated rings. The molecule has 5 rings (SSSR count). The average Bonchev–Trinajstić information content (AvgIpc) is 3.21. The third-order valence-corrected chi connectivity index (χ3v) is 8.23. The molecule has 7 nitrogen and oxygen atoms in total.